The summed E-state index contributed by atoms with van der Waals surface area (Å²) in [6, 6.07) is 23.7. The summed E-state index contributed by atoms with van der Waals surface area (Å²) in [5.74, 6) is -0.194. The van der Waals surface area contributed by atoms with Gasteiger partial charge in [-0.3, -0.25) is 9.59 Å². The Morgan fingerprint density at radius 3 is 2.29 bits per heavy atom. The van der Waals surface area contributed by atoms with Gasteiger partial charge >= 0.3 is 0 Å². The number of nitriles is 1. The smallest absolute Gasteiger partial charge is 0.258 e. The summed E-state index contributed by atoms with van der Waals surface area (Å²) in [6.07, 6.45) is 0. The second kappa shape index (κ2) is 10.5. The number of para-hydroxylation sites is 1. The Morgan fingerprint density at radius 1 is 0.968 bits per heavy atom. The van der Waals surface area contributed by atoms with E-state index in [0.29, 0.717) is 28.3 Å². The molecule has 0 saturated carbocycles. The highest BCUT2D eigenvalue weighted by Crippen LogP contribution is 2.27. The molecule has 7 heteroatoms. The van der Waals surface area contributed by atoms with Gasteiger partial charge in [0.2, 0.25) is 0 Å². The molecule has 1 unspecified atom stereocenters. The number of ether oxygens (including phenoxy) is 2. The van der Waals surface area contributed by atoms with Crippen molar-refractivity contribution in [1.82, 2.24) is 5.32 Å². The number of nitrogens with zero attached hydrogens (tertiary/aromatic N) is 1. The van der Waals surface area contributed by atoms with Crippen molar-refractivity contribution in [3.8, 4) is 17.6 Å². The fourth-order valence-corrected chi connectivity index (χ4v) is 2.88. The minimum atomic E-state index is -0.902. The zero-order valence-electron chi connectivity index (χ0n) is 16.9. The first kappa shape index (κ1) is 21.4. The molecule has 7 nitrogen and oxygen atoms in total. The predicted molar refractivity (Wildman–Crippen MR) is 116 cm³/mol. The number of nitrogens with one attached hydrogen (secondary N) is 2. The molecule has 3 aromatic carbocycles. The van der Waals surface area contributed by atoms with E-state index < -0.39 is 11.9 Å². The Hall–Kier alpha value is -4.31. The second-order valence-corrected chi connectivity index (χ2v) is 6.53. The summed E-state index contributed by atoms with van der Waals surface area (Å²) in [4.78, 5) is 25.4. The summed E-state index contributed by atoms with van der Waals surface area (Å²) in [7, 11) is 1.45. The molecule has 0 aromatic heterocycles. The Morgan fingerprint density at radius 2 is 1.65 bits per heavy atom. The lowest BCUT2D eigenvalue weighted by molar-refractivity contribution is -0.128. The maximum absolute atomic E-state index is 12.9. The van der Waals surface area contributed by atoms with Crippen LogP contribution in [0.2, 0.25) is 0 Å². The van der Waals surface area contributed by atoms with E-state index in [9.17, 15) is 9.59 Å². The SMILES string of the molecule is COc1cc(C#N)ccc1OCC(=O)NC(C(=O)Nc1ccccc1)c1ccccc1. The van der Waals surface area contributed by atoms with Crippen LogP contribution in [0.4, 0.5) is 5.69 Å². The average molecular weight is 415 g/mol. The Bertz CT molecular complexity index is 1080. The molecule has 1 atom stereocenters. The van der Waals surface area contributed by atoms with Gasteiger partial charge in [-0.05, 0) is 29.8 Å². The summed E-state index contributed by atoms with van der Waals surface area (Å²) in [5, 5.41) is 14.5. The van der Waals surface area contributed by atoms with Crippen molar-refractivity contribution >= 4 is 17.5 Å². The van der Waals surface area contributed by atoms with Crippen LogP contribution in [-0.4, -0.2) is 25.5 Å². The fourth-order valence-electron chi connectivity index (χ4n) is 2.88. The second-order valence-electron chi connectivity index (χ2n) is 6.53. The Labute approximate surface area is 180 Å². The summed E-state index contributed by atoms with van der Waals surface area (Å²) < 4.78 is 10.7. The number of benzene rings is 3. The molecular weight excluding hydrogens is 394 g/mol. The molecule has 0 heterocycles. The third-order valence-corrected chi connectivity index (χ3v) is 4.39. The number of carbonyl (C=O) groups excluding carboxylic acids is 2. The maximum Gasteiger partial charge on any atom is 0.258 e. The van der Waals surface area contributed by atoms with E-state index in [0.717, 1.165) is 0 Å². The molecule has 2 amide bonds. The van der Waals surface area contributed by atoms with Crippen molar-refractivity contribution in [2.45, 2.75) is 6.04 Å². The lowest BCUT2D eigenvalue weighted by atomic mass is 10.1. The van der Waals surface area contributed by atoms with Crippen molar-refractivity contribution in [3.63, 3.8) is 0 Å². The van der Waals surface area contributed by atoms with Crippen LogP contribution in [-0.2, 0) is 9.59 Å². The third-order valence-electron chi connectivity index (χ3n) is 4.39. The topological polar surface area (TPSA) is 100 Å². The lowest BCUT2D eigenvalue weighted by Crippen LogP contribution is -2.39. The van der Waals surface area contributed by atoms with E-state index in [-0.39, 0.29) is 12.5 Å². The van der Waals surface area contributed by atoms with Gasteiger partial charge in [-0.2, -0.15) is 5.26 Å². The number of hydrogen-bond acceptors (Lipinski definition) is 5. The number of hydrogen-bond donors (Lipinski definition) is 2. The van der Waals surface area contributed by atoms with Crippen molar-refractivity contribution in [2.24, 2.45) is 0 Å². The summed E-state index contributed by atoms with van der Waals surface area (Å²) >= 11 is 0. The molecule has 0 radical (unpaired) electrons. The normalized spacial score (nSPS) is 11.0. The van der Waals surface area contributed by atoms with Gasteiger partial charge in [0.05, 0.1) is 18.7 Å². The van der Waals surface area contributed by atoms with E-state index in [2.05, 4.69) is 10.6 Å². The number of rotatable bonds is 8. The highest BCUT2D eigenvalue weighted by Gasteiger charge is 2.23. The first-order chi connectivity index (χ1) is 15.1. The van der Waals surface area contributed by atoms with Crippen molar-refractivity contribution < 1.29 is 19.1 Å². The van der Waals surface area contributed by atoms with E-state index in [1.165, 1.54) is 13.2 Å². The predicted octanol–water partition coefficient (Wildman–Crippen LogP) is 3.44. The summed E-state index contributed by atoms with van der Waals surface area (Å²) in [6.45, 7) is -0.329. The number of methoxy groups -OCH3 is 1. The maximum atomic E-state index is 12.9. The quantitative estimate of drug-likeness (QED) is 0.587. The van der Waals surface area contributed by atoms with Gasteiger partial charge in [0.1, 0.15) is 6.04 Å². The van der Waals surface area contributed by atoms with Gasteiger partial charge in [0.25, 0.3) is 11.8 Å². The molecule has 0 bridgehead atoms. The van der Waals surface area contributed by atoms with Crippen molar-refractivity contribution in [2.75, 3.05) is 19.0 Å². The number of carbonyl (C=O) groups is 2. The Balaban J connectivity index is 1.70. The van der Waals surface area contributed by atoms with Gasteiger partial charge in [-0.1, -0.05) is 48.5 Å². The molecule has 3 rings (SSSR count). The van der Waals surface area contributed by atoms with Crippen LogP contribution in [0, 0.1) is 11.3 Å². The van der Waals surface area contributed by atoms with Gasteiger partial charge in [0, 0.05) is 11.8 Å². The zero-order chi connectivity index (χ0) is 22.1. The van der Waals surface area contributed by atoms with Crippen LogP contribution < -0.4 is 20.1 Å². The van der Waals surface area contributed by atoms with Gasteiger partial charge in [0.15, 0.2) is 18.1 Å². The van der Waals surface area contributed by atoms with Gasteiger partial charge < -0.3 is 20.1 Å². The van der Waals surface area contributed by atoms with Crippen LogP contribution >= 0.6 is 0 Å². The molecule has 31 heavy (non-hydrogen) atoms. The molecule has 2 N–H and O–H groups in total. The summed E-state index contributed by atoms with van der Waals surface area (Å²) in [5.41, 5.74) is 1.68. The van der Waals surface area contributed by atoms with E-state index >= 15 is 0 Å². The van der Waals surface area contributed by atoms with Crippen molar-refractivity contribution in [3.05, 3.63) is 90.0 Å². The monoisotopic (exact) mass is 415 g/mol. The number of anilines is 1. The molecule has 156 valence electrons. The van der Waals surface area contributed by atoms with Gasteiger partial charge in [-0.15, -0.1) is 0 Å². The molecule has 0 fully saturated rings. The minimum Gasteiger partial charge on any atom is -0.493 e. The molecular formula is C24H21N3O4. The standard InChI is InChI=1S/C24H21N3O4/c1-30-21-14-17(15-25)12-13-20(21)31-16-22(28)27-23(18-8-4-2-5-9-18)24(29)26-19-10-6-3-7-11-19/h2-14,23H,16H2,1H3,(H,26,29)(H,27,28). The zero-order valence-corrected chi connectivity index (χ0v) is 16.9. The number of amides is 2. The van der Waals surface area contributed by atoms with Crippen LogP contribution in [0.5, 0.6) is 11.5 Å². The molecule has 0 aliphatic rings. The first-order valence-corrected chi connectivity index (χ1v) is 9.52. The van der Waals surface area contributed by atoms with Crippen LogP contribution in [0.3, 0.4) is 0 Å². The lowest BCUT2D eigenvalue weighted by Gasteiger charge is -2.19. The molecule has 0 aliphatic carbocycles. The first-order valence-electron chi connectivity index (χ1n) is 9.52. The molecule has 0 spiro atoms. The van der Waals surface area contributed by atoms with E-state index in [1.807, 2.05) is 30.3 Å². The van der Waals surface area contributed by atoms with Crippen LogP contribution in [0.15, 0.2) is 78.9 Å². The average Bonchev–Trinajstić information content (AvgIpc) is 2.82. The fraction of sp³-hybridized carbons (Fsp3) is 0.125. The molecule has 0 saturated heterocycles. The van der Waals surface area contributed by atoms with Gasteiger partial charge in [-0.25, -0.2) is 0 Å². The van der Waals surface area contributed by atoms with E-state index in [1.54, 1.807) is 48.5 Å². The molecule has 3 aromatic rings. The largest absolute Gasteiger partial charge is 0.493 e. The van der Waals surface area contributed by atoms with E-state index in [4.69, 9.17) is 14.7 Å². The van der Waals surface area contributed by atoms with Crippen LogP contribution in [0.1, 0.15) is 17.2 Å². The minimum absolute atomic E-state index is 0.321. The molecule has 0 aliphatic heterocycles. The van der Waals surface area contributed by atoms with Crippen LogP contribution in [0.25, 0.3) is 0 Å². The van der Waals surface area contributed by atoms with Crippen molar-refractivity contribution in [1.29, 1.82) is 5.26 Å². The highest BCUT2D eigenvalue weighted by atomic mass is 16.5. The third kappa shape index (κ3) is 5.84. The highest BCUT2D eigenvalue weighted by molar-refractivity contribution is 5.98. The Kier molecular flexibility index (Phi) is 7.22.